The first-order valence-electron chi connectivity index (χ1n) is 3.83. The number of alkyl halides is 2. The first-order valence-corrected chi connectivity index (χ1v) is 3.83. The Morgan fingerprint density at radius 1 is 0.909 bits per heavy atom. The molecule has 0 saturated carbocycles. The van der Waals surface area contributed by atoms with Gasteiger partial charge in [-0.25, -0.2) is 8.78 Å². The van der Waals surface area contributed by atoms with E-state index < -0.39 is 25.4 Å². The molecule has 2 nitrogen and oxygen atoms in total. The van der Waals surface area contributed by atoms with Gasteiger partial charge in [-0.2, -0.15) is 0 Å². The van der Waals surface area contributed by atoms with Gasteiger partial charge in [-0.05, 0) is 12.8 Å². The van der Waals surface area contributed by atoms with Crippen molar-refractivity contribution in [3.63, 3.8) is 0 Å². The average molecular weight is 166 g/mol. The second kappa shape index (κ2) is 6.49. The molecule has 2 unspecified atom stereocenters. The van der Waals surface area contributed by atoms with Crippen molar-refractivity contribution in [1.82, 2.24) is 0 Å². The van der Waals surface area contributed by atoms with E-state index in [0.717, 1.165) is 0 Å². The molecule has 0 aromatic rings. The van der Waals surface area contributed by atoms with Gasteiger partial charge in [0.15, 0.2) is 0 Å². The zero-order valence-electron chi connectivity index (χ0n) is 6.60. The smallest absolute Gasteiger partial charge is 0.104 e. The predicted octanol–water partition coefficient (Wildman–Crippen LogP) is 0.750. The van der Waals surface area contributed by atoms with Crippen LogP contribution >= 0.6 is 0 Å². The van der Waals surface area contributed by atoms with Crippen molar-refractivity contribution in [1.29, 1.82) is 0 Å². The summed E-state index contributed by atoms with van der Waals surface area (Å²) in [7, 11) is 0. The molecule has 0 rings (SSSR count). The molecule has 11 heavy (non-hydrogen) atoms. The normalized spacial score (nSPS) is 16.4. The molecule has 0 fully saturated rings. The van der Waals surface area contributed by atoms with Gasteiger partial charge < -0.3 is 11.5 Å². The van der Waals surface area contributed by atoms with E-state index in [1.807, 2.05) is 0 Å². The van der Waals surface area contributed by atoms with Gasteiger partial charge in [0.2, 0.25) is 0 Å². The highest BCUT2D eigenvalue weighted by Gasteiger charge is 2.04. The van der Waals surface area contributed by atoms with Crippen LogP contribution in [0.15, 0.2) is 0 Å². The SMILES string of the molecule is NC(CF)CCCC(N)CF. The van der Waals surface area contributed by atoms with Crippen molar-refractivity contribution < 1.29 is 8.78 Å². The van der Waals surface area contributed by atoms with Crippen molar-refractivity contribution in [2.45, 2.75) is 31.3 Å². The van der Waals surface area contributed by atoms with Crippen molar-refractivity contribution in [3.05, 3.63) is 0 Å². The van der Waals surface area contributed by atoms with E-state index in [2.05, 4.69) is 0 Å². The second-order valence-corrected chi connectivity index (χ2v) is 2.76. The van der Waals surface area contributed by atoms with E-state index >= 15 is 0 Å². The van der Waals surface area contributed by atoms with Crippen LogP contribution in [0.2, 0.25) is 0 Å². The lowest BCUT2D eigenvalue weighted by atomic mass is 10.1. The summed E-state index contributed by atoms with van der Waals surface area (Å²) in [5.41, 5.74) is 10.6. The summed E-state index contributed by atoms with van der Waals surface area (Å²) in [6.07, 6.45) is 1.88. The topological polar surface area (TPSA) is 52.0 Å². The van der Waals surface area contributed by atoms with Crippen LogP contribution in [0, 0.1) is 0 Å². The number of hydrogen-bond donors (Lipinski definition) is 2. The molecular weight excluding hydrogens is 150 g/mol. The first kappa shape index (κ1) is 10.8. The third kappa shape index (κ3) is 6.19. The van der Waals surface area contributed by atoms with Crippen LogP contribution in [-0.2, 0) is 0 Å². The highest BCUT2D eigenvalue weighted by Crippen LogP contribution is 2.02. The molecule has 0 aromatic carbocycles. The number of halogens is 2. The fourth-order valence-corrected chi connectivity index (χ4v) is 0.797. The third-order valence-electron chi connectivity index (χ3n) is 1.55. The maximum Gasteiger partial charge on any atom is 0.104 e. The number of nitrogens with two attached hydrogens (primary N) is 2. The van der Waals surface area contributed by atoms with Crippen LogP contribution in [0.3, 0.4) is 0 Å². The molecule has 2 atom stereocenters. The summed E-state index contributed by atoms with van der Waals surface area (Å²) < 4.78 is 23.5. The Morgan fingerprint density at radius 2 is 1.27 bits per heavy atom. The third-order valence-corrected chi connectivity index (χ3v) is 1.55. The van der Waals surface area contributed by atoms with Gasteiger partial charge in [0.1, 0.15) is 13.3 Å². The van der Waals surface area contributed by atoms with Gasteiger partial charge in [0, 0.05) is 12.1 Å². The van der Waals surface area contributed by atoms with Crippen molar-refractivity contribution in [2.75, 3.05) is 13.3 Å². The van der Waals surface area contributed by atoms with Crippen LogP contribution in [0.4, 0.5) is 8.78 Å². The molecule has 0 aliphatic heterocycles. The van der Waals surface area contributed by atoms with Crippen LogP contribution in [0.1, 0.15) is 19.3 Å². The Kier molecular flexibility index (Phi) is 6.36. The highest BCUT2D eigenvalue weighted by atomic mass is 19.1. The largest absolute Gasteiger partial charge is 0.325 e. The van der Waals surface area contributed by atoms with Crippen LogP contribution in [0.25, 0.3) is 0 Å². The van der Waals surface area contributed by atoms with E-state index in [1.165, 1.54) is 0 Å². The maximum absolute atomic E-state index is 11.8. The standard InChI is InChI=1S/C7H16F2N2/c8-4-6(10)2-1-3-7(11)5-9/h6-7H,1-5,10-11H2. The first-order chi connectivity index (χ1) is 5.20. The molecular formula is C7H16F2N2. The van der Waals surface area contributed by atoms with E-state index in [9.17, 15) is 8.78 Å². The zero-order valence-corrected chi connectivity index (χ0v) is 6.60. The van der Waals surface area contributed by atoms with Crippen molar-refractivity contribution in [2.24, 2.45) is 11.5 Å². The van der Waals surface area contributed by atoms with Crippen molar-refractivity contribution >= 4 is 0 Å². The lowest BCUT2D eigenvalue weighted by Gasteiger charge is -2.08. The Labute approximate surface area is 65.9 Å². The Bertz CT molecular complexity index is 80.5. The van der Waals surface area contributed by atoms with Gasteiger partial charge in [-0.1, -0.05) is 6.42 Å². The summed E-state index contributed by atoms with van der Waals surface area (Å²) in [4.78, 5) is 0. The highest BCUT2D eigenvalue weighted by molar-refractivity contribution is 4.63. The van der Waals surface area contributed by atoms with Gasteiger partial charge in [-0.3, -0.25) is 0 Å². The molecule has 4 N–H and O–H groups in total. The molecule has 4 heteroatoms. The summed E-state index contributed by atoms with van der Waals surface area (Å²) >= 11 is 0. The van der Waals surface area contributed by atoms with Gasteiger partial charge >= 0.3 is 0 Å². The Balaban J connectivity index is 3.13. The molecule has 0 amide bonds. The minimum atomic E-state index is -0.509. The molecule has 0 aromatic heterocycles. The van der Waals surface area contributed by atoms with E-state index in [-0.39, 0.29) is 0 Å². The summed E-state index contributed by atoms with van der Waals surface area (Å²) in [5, 5.41) is 0. The summed E-state index contributed by atoms with van der Waals surface area (Å²) in [5.74, 6) is 0. The van der Waals surface area contributed by atoms with Crippen LogP contribution in [-0.4, -0.2) is 25.4 Å². The minimum absolute atomic E-state index is 0.401. The van der Waals surface area contributed by atoms with Crippen LogP contribution in [0.5, 0.6) is 0 Å². The lowest BCUT2D eigenvalue weighted by molar-refractivity contribution is 0.375. The molecule has 0 aliphatic rings. The van der Waals surface area contributed by atoms with Gasteiger partial charge in [0.05, 0.1) is 0 Å². The molecule has 0 radical (unpaired) electrons. The zero-order chi connectivity index (χ0) is 8.69. The number of hydrogen-bond acceptors (Lipinski definition) is 2. The summed E-state index contributed by atoms with van der Waals surface area (Å²) in [6.45, 7) is -1.02. The van der Waals surface area contributed by atoms with Crippen LogP contribution < -0.4 is 11.5 Å². The van der Waals surface area contributed by atoms with E-state index in [0.29, 0.717) is 19.3 Å². The van der Waals surface area contributed by atoms with E-state index in [1.54, 1.807) is 0 Å². The van der Waals surface area contributed by atoms with Gasteiger partial charge in [0.25, 0.3) is 0 Å². The van der Waals surface area contributed by atoms with E-state index in [4.69, 9.17) is 11.5 Å². The average Bonchev–Trinajstić information content (AvgIpc) is 2.04. The monoisotopic (exact) mass is 166 g/mol. The molecule has 0 spiro atoms. The molecule has 0 aliphatic carbocycles. The quantitative estimate of drug-likeness (QED) is 0.611. The Morgan fingerprint density at radius 3 is 1.55 bits per heavy atom. The predicted molar refractivity (Wildman–Crippen MR) is 41.8 cm³/mol. The second-order valence-electron chi connectivity index (χ2n) is 2.76. The fourth-order valence-electron chi connectivity index (χ4n) is 0.797. The Hall–Kier alpha value is -0.220. The lowest BCUT2D eigenvalue weighted by Crippen LogP contribution is -2.25. The molecule has 68 valence electrons. The molecule has 0 heterocycles. The summed E-state index contributed by atoms with van der Waals surface area (Å²) in [6, 6.07) is -0.802. The molecule has 0 bridgehead atoms. The molecule has 0 saturated heterocycles. The minimum Gasteiger partial charge on any atom is -0.325 e. The van der Waals surface area contributed by atoms with Gasteiger partial charge in [-0.15, -0.1) is 0 Å². The maximum atomic E-state index is 11.8. The van der Waals surface area contributed by atoms with Crippen molar-refractivity contribution in [3.8, 4) is 0 Å². The number of rotatable bonds is 6. The fraction of sp³-hybridized carbons (Fsp3) is 1.00.